The van der Waals surface area contributed by atoms with Gasteiger partial charge in [-0.2, -0.15) is 15.8 Å². The van der Waals surface area contributed by atoms with Crippen LogP contribution in [0.15, 0.2) is 54.6 Å². The Morgan fingerprint density at radius 2 is 1.70 bits per heavy atom. The lowest BCUT2D eigenvalue weighted by atomic mass is 9.52. The number of hydrogen-bond donors (Lipinski definition) is 1. The molecule has 1 N–H and O–H groups in total. The van der Waals surface area contributed by atoms with Crippen LogP contribution >= 0.6 is 0 Å². The van der Waals surface area contributed by atoms with E-state index < -0.39 is 28.6 Å². The summed E-state index contributed by atoms with van der Waals surface area (Å²) in [5, 5.41) is 39.5. The molecule has 0 amide bonds. The summed E-state index contributed by atoms with van der Waals surface area (Å²) >= 11 is 0. The summed E-state index contributed by atoms with van der Waals surface area (Å²) in [5.74, 6) is -2.41. The maximum atomic E-state index is 10.4. The Morgan fingerprint density at radius 3 is 2.30 bits per heavy atom. The molecule has 30 heavy (non-hydrogen) atoms. The highest BCUT2D eigenvalue weighted by Crippen LogP contribution is 2.66. The number of ether oxygens (including phenoxy) is 2. The number of aryl methyl sites for hydroxylation is 1. The van der Waals surface area contributed by atoms with Crippen molar-refractivity contribution in [3.63, 3.8) is 0 Å². The van der Waals surface area contributed by atoms with E-state index >= 15 is 0 Å². The van der Waals surface area contributed by atoms with E-state index in [0.29, 0.717) is 12.0 Å². The summed E-state index contributed by atoms with van der Waals surface area (Å²) in [7, 11) is 0. The molecule has 2 saturated heterocycles. The average molecular weight is 396 g/mol. The monoisotopic (exact) mass is 396 g/mol. The average Bonchev–Trinajstić information content (AvgIpc) is 2.91. The predicted molar refractivity (Wildman–Crippen MR) is 108 cm³/mol. The van der Waals surface area contributed by atoms with Gasteiger partial charge in [0.2, 0.25) is 17.1 Å². The fourth-order valence-electron chi connectivity index (χ4n) is 4.87. The smallest absolute Gasteiger partial charge is 0.215 e. The molecule has 2 aliphatic heterocycles. The Bertz CT molecular complexity index is 1130. The van der Waals surface area contributed by atoms with Gasteiger partial charge in [0.25, 0.3) is 0 Å². The lowest BCUT2D eigenvalue weighted by Crippen LogP contribution is -2.59. The van der Waals surface area contributed by atoms with Gasteiger partial charge in [0, 0.05) is 6.92 Å². The number of nitrogens with zero attached hydrogens (tertiary/aromatic N) is 3. The van der Waals surface area contributed by atoms with Gasteiger partial charge in [-0.15, -0.1) is 0 Å². The molecule has 2 aromatic carbocycles. The molecule has 2 bridgehead atoms. The lowest BCUT2D eigenvalue weighted by molar-refractivity contribution is -0.272. The van der Waals surface area contributed by atoms with Crippen LogP contribution in [0.25, 0.3) is 0 Å². The molecule has 148 valence electrons. The van der Waals surface area contributed by atoms with Gasteiger partial charge in [0.1, 0.15) is 6.10 Å². The summed E-state index contributed by atoms with van der Waals surface area (Å²) in [5.41, 5.74) is -1.25. The molecule has 0 spiro atoms. The van der Waals surface area contributed by atoms with Crippen LogP contribution in [-0.2, 0) is 15.9 Å². The van der Waals surface area contributed by atoms with Crippen molar-refractivity contribution in [1.29, 1.82) is 21.2 Å². The minimum Gasteiger partial charge on any atom is -0.448 e. The number of hydrogen-bond acceptors (Lipinski definition) is 6. The number of benzene rings is 2. The Morgan fingerprint density at radius 1 is 1.00 bits per heavy atom. The van der Waals surface area contributed by atoms with Gasteiger partial charge in [0.05, 0.1) is 24.1 Å². The summed E-state index contributed by atoms with van der Waals surface area (Å²) < 4.78 is 12.2. The van der Waals surface area contributed by atoms with Gasteiger partial charge in [-0.05, 0) is 24.5 Å². The Hall–Kier alpha value is -3.66. The number of nitriles is 3. The van der Waals surface area contributed by atoms with Crippen LogP contribution in [0.2, 0.25) is 0 Å². The first kappa shape index (κ1) is 19.6. The molecule has 4 unspecified atom stereocenters. The van der Waals surface area contributed by atoms with Crippen LogP contribution in [0.4, 0.5) is 0 Å². The highest BCUT2D eigenvalue weighted by Gasteiger charge is 2.79. The van der Waals surface area contributed by atoms with E-state index in [1.54, 1.807) is 13.0 Å². The minimum absolute atomic E-state index is 0.332. The minimum atomic E-state index is -1.94. The van der Waals surface area contributed by atoms with Crippen molar-refractivity contribution in [2.75, 3.05) is 0 Å². The first-order chi connectivity index (χ1) is 14.4. The highest BCUT2D eigenvalue weighted by atomic mass is 16.7. The van der Waals surface area contributed by atoms with Gasteiger partial charge >= 0.3 is 0 Å². The molecule has 6 nitrogen and oxygen atoms in total. The molecule has 0 radical (unpaired) electrons. The summed E-state index contributed by atoms with van der Waals surface area (Å²) in [6.07, 6.45) is -0.703. The van der Waals surface area contributed by atoms with Crippen LogP contribution in [0, 0.1) is 63.1 Å². The highest BCUT2D eigenvalue weighted by molar-refractivity contribution is 5.89. The lowest BCUT2D eigenvalue weighted by Gasteiger charge is -2.48. The zero-order chi connectivity index (χ0) is 21.6. The van der Waals surface area contributed by atoms with Gasteiger partial charge in [-0.3, -0.25) is 5.41 Å². The fourth-order valence-corrected chi connectivity index (χ4v) is 4.87. The van der Waals surface area contributed by atoms with Crippen LogP contribution in [0.1, 0.15) is 29.7 Å². The Labute approximate surface area is 175 Å². The van der Waals surface area contributed by atoms with E-state index in [-0.39, 0.29) is 5.90 Å². The van der Waals surface area contributed by atoms with E-state index in [1.165, 1.54) is 0 Å². The molecular weight excluding hydrogens is 376 g/mol. The Kier molecular flexibility index (Phi) is 4.39. The molecule has 4 atom stereocenters. The molecule has 0 saturated carbocycles. The van der Waals surface area contributed by atoms with E-state index in [9.17, 15) is 15.8 Å². The van der Waals surface area contributed by atoms with Crippen molar-refractivity contribution in [1.82, 2.24) is 0 Å². The normalized spacial score (nSPS) is 31.1. The second kappa shape index (κ2) is 6.70. The van der Waals surface area contributed by atoms with E-state index in [0.717, 1.165) is 11.1 Å². The van der Waals surface area contributed by atoms with Crippen LogP contribution in [-0.4, -0.2) is 11.7 Å². The zero-order valence-electron chi connectivity index (χ0n) is 16.7. The van der Waals surface area contributed by atoms with Gasteiger partial charge < -0.3 is 9.47 Å². The van der Waals surface area contributed by atoms with Crippen LogP contribution < -0.4 is 0 Å². The molecule has 2 aliphatic rings. The standard InChI is InChI=1S/C24H20N4O2/c1-16-7-6-10-18(11-16)20-23(13-25,14-26)24(15-27)19(12-17-8-4-3-5-9-17)22(2,29-20)30-21(24)28/h3-11,19-20,28H,12H2,1-2H3. The molecule has 0 aliphatic carbocycles. The second-order valence-electron chi connectivity index (χ2n) is 8.05. The van der Waals surface area contributed by atoms with Crippen LogP contribution in [0.5, 0.6) is 0 Å². The topological polar surface area (TPSA) is 114 Å². The molecular formula is C24H20N4O2. The molecule has 2 heterocycles. The SMILES string of the molecule is Cc1cccc(C2OC3(C)OC(=N)C(C#N)(C3Cc3ccccc3)C2(C#N)C#N)c1. The molecule has 6 heteroatoms. The predicted octanol–water partition coefficient (Wildman–Crippen LogP) is 4.19. The first-order valence-electron chi connectivity index (χ1n) is 9.67. The molecule has 2 fully saturated rings. The first-order valence-corrected chi connectivity index (χ1v) is 9.67. The van der Waals surface area contributed by atoms with Gasteiger partial charge in [-0.1, -0.05) is 60.2 Å². The maximum absolute atomic E-state index is 10.4. The maximum Gasteiger partial charge on any atom is 0.215 e. The van der Waals surface area contributed by atoms with Crippen molar-refractivity contribution >= 4 is 5.90 Å². The summed E-state index contributed by atoms with van der Waals surface area (Å²) in [6.45, 7) is 3.59. The van der Waals surface area contributed by atoms with Crippen molar-refractivity contribution in [3.05, 3.63) is 71.3 Å². The second-order valence-corrected chi connectivity index (χ2v) is 8.05. The summed E-state index contributed by atoms with van der Waals surface area (Å²) in [4.78, 5) is 0. The number of fused-ring (bicyclic) bond motifs is 2. The fraction of sp³-hybridized carbons (Fsp3) is 0.333. The van der Waals surface area contributed by atoms with Crippen molar-refractivity contribution in [3.8, 4) is 18.2 Å². The molecule has 2 aromatic rings. The van der Waals surface area contributed by atoms with E-state index in [1.807, 2.05) is 55.5 Å². The summed E-state index contributed by atoms with van der Waals surface area (Å²) in [6, 6.07) is 23.2. The third kappa shape index (κ3) is 2.40. The van der Waals surface area contributed by atoms with Crippen LogP contribution in [0.3, 0.4) is 0 Å². The quantitative estimate of drug-likeness (QED) is 0.835. The van der Waals surface area contributed by atoms with E-state index in [4.69, 9.17) is 14.9 Å². The van der Waals surface area contributed by atoms with Crippen molar-refractivity contribution in [2.45, 2.75) is 32.2 Å². The van der Waals surface area contributed by atoms with Crippen molar-refractivity contribution < 1.29 is 9.47 Å². The third-order valence-corrected chi connectivity index (χ3v) is 6.34. The largest absolute Gasteiger partial charge is 0.448 e. The molecule has 0 aromatic heterocycles. The number of rotatable bonds is 3. The third-order valence-electron chi connectivity index (χ3n) is 6.34. The van der Waals surface area contributed by atoms with E-state index in [2.05, 4.69) is 18.2 Å². The van der Waals surface area contributed by atoms with Crippen molar-refractivity contribution in [2.24, 2.45) is 16.7 Å². The van der Waals surface area contributed by atoms with Gasteiger partial charge in [-0.25, -0.2) is 0 Å². The van der Waals surface area contributed by atoms with Gasteiger partial charge in [0.15, 0.2) is 5.41 Å². The Balaban J connectivity index is 1.95. The molecule has 4 rings (SSSR count). The zero-order valence-corrected chi connectivity index (χ0v) is 16.7. The number of nitrogens with one attached hydrogen (secondary N) is 1.